The van der Waals surface area contributed by atoms with Gasteiger partial charge in [0.25, 0.3) is 5.91 Å². The third kappa shape index (κ3) is 3.78. The number of ether oxygens (including phenoxy) is 1. The zero-order valence-corrected chi connectivity index (χ0v) is 16.5. The van der Waals surface area contributed by atoms with Crippen molar-refractivity contribution in [2.75, 3.05) is 12.4 Å². The van der Waals surface area contributed by atoms with Gasteiger partial charge in [0.05, 0.1) is 12.8 Å². The maximum Gasteiger partial charge on any atom is 0.255 e. The van der Waals surface area contributed by atoms with Gasteiger partial charge in [-0.1, -0.05) is 43.1 Å². The second-order valence-corrected chi connectivity index (χ2v) is 7.09. The number of nitrogens with one attached hydrogen (secondary N) is 1. The summed E-state index contributed by atoms with van der Waals surface area (Å²) in [4.78, 5) is 27.5. The van der Waals surface area contributed by atoms with Crippen LogP contribution >= 0.6 is 11.6 Å². The predicted octanol–water partition coefficient (Wildman–Crippen LogP) is 4.42. The molecule has 1 aliphatic heterocycles. The number of hydrogen-bond donors (Lipinski definition) is 1. The van der Waals surface area contributed by atoms with Crippen LogP contribution in [0.1, 0.15) is 41.3 Å². The molecule has 5 nitrogen and oxygen atoms in total. The Bertz CT molecular complexity index is 882. The number of amides is 2. The van der Waals surface area contributed by atoms with Gasteiger partial charge in [-0.2, -0.15) is 0 Å². The molecule has 2 amide bonds. The number of hydrogen-bond acceptors (Lipinski definition) is 3. The van der Waals surface area contributed by atoms with Crippen LogP contribution in [0, 0.1) is 6.92 Å². The molecule has 3 rings (SSSR count). The summed E-state index contributed by atoms with van der Waals surface area (Å²) in [5, 5.41) is 3.49. The molecule has 0 aromatic heterocycles. The van der Waals surface area contributed by atoms with Crippen LogP contribution in [-0.4, -0.2) is 29.9 Å². The maximum atomic E-state index is 13.1. The van der Waals surface area contributed by atoms with Gasteiger partial charge in [-0.15, -0.1) is 0 Å². The summed E-state index contributed by atoms with van der Waals surface area (Å²) in [6.07, 6.45) is 1.37. The second-order valence-electron chi connectivity index (χ2n) is 6.69. The van der Waals surface area contributed by atoms with Gasteiger partial charge in [0.2, 0.25) is 5.91 Å². The molecule has 0 saturated carbocycles. The molecular weight excluding hydrogens is 364 g/mol. The van der Waals surface area contributed by atoms with E-state index in [0.29, 0.717) is 35.0 Å². The number of halogens is 1. The Morgan fingerprint density at radius 2 is 2.07 bits per heavy atom. The summed E-state index contributed by atoms with van der Waals surface area (Å²) in [6, 6.07) is 10.4. The van der Waals surface area contributed by atoms with Gasteiger partial charge in [-0.25, -0.2) is 0 Å². The number of rotatable bonds is 6. The van der Waals surface area contributed by atoms with Gasteiger partial charge in [0, 0.05) is 23.2 Å². The van der Waals surface area contributed by atoms with Crippen molar-refractivity contribution in [1.82, 2.24) is 4.90 Å². The standard InChI is InChI=1S/C21H23ClN2O3/c1-4-7-18(24-12-14-8-5-6-9-15(14)21(24)26)20(25)23-17-10-13(2)16(22)11-19(17)27-3/h5-6,8-11,18H,4,7,12H2,1-3H3,(H,23,25)/t18-/m0/s1. The van der Waals surface area contributed by atoms with Crippen LogP contribution in [0.4, 0.5) is 5.69 Å². The number of methoxy groups -OCH3 is 1. The highest BCUT2D eigenvalue weighted by atomic mass is 35.5. The normalized spacial score (nSPS) is 14.1. The number of carbonyl (C=O) groups excluding carboxylic acids is 2. The van der Waals surface area contributed by atoms with Gasteiger partial charge >= 0.3 is 0 Å². The van der Waals surface area contributed by atoms with Gasteiger partial charge < -0.3 is 15.0 Å². The molecule has 142 valence electrons. The fraction of sp³-hybridized carbons (Fsp3) is 0.333. The van der Waals surface area contributed by atoms with E-state index in [0.717, 1.165) is 17.5 Å². The number of fused-ring (bicyclic) bond motifs is 1. The zero-order valence-electron chi connectivity index (χ0n) is 15.7. The number of benzene rings is 2. The average Bonchev–Trinajstić information content (AvgIpc) is 2.99. The predicted molar refractivity (Wildman–Crippen MR) is 106 cm³/mol. The number of nitrogens with zero attached hydrogens (tertiary/aromatic N) is 1. The molecule has 0 radical (unpaired) electrons. The molecule has 1 atom stereocenters. The van der Waals surface area contributed by atoms with E-state index in [1.165, 1.54) is 7.11 Å². The van der Waals surface area contributed by atoms with Crippen LogP contribution in [0.15, 0.2) is 36.4 Å². The van der Waals surface area contributed by atoms with Crippen LogP contribution in [0.3, 0.4) is 0 Å². The third-order valence-electron chi connectivity index (χ3n) is 4.83. The molecule has 1 N–H and O–H groups in total. The molecule has 0 saturated heterocycles. The van der Waals surface area contributed by atoms with Crippen molar-refractivity contribution in [3.05, 3.63) is 58.1 Å². The summed E-state index contributed by atoms with van der Waals surface area (Å²) in [7, 11) is 1.53. The molecular formula is C21H23ClN2O3. The lowest BCUT2D eigenvalue weighted by Crippen LogP contribution is -2.44. The second kappa shape index (κ2) is 8.01. The fourth-order valence-corrected chi connectivity index (χ4v) is 3.53. The largest absolute Gasteiger partial charge is 0.495 e. The maximum absolute atomic E-state index is 13.1. The van der Waals surface area contributed by atoms with Crippen LogP contribution in [0.25, 0.3) is 0 Å². The highest BCUT2D eigenvalue weighted by molar-refractivity contribution is 6.31. The number of carbonyl (C=O) groups is 2. The van der Waals surface area contributed by atoms with Crippen molar-refractivity contribution in [3.8, 4) is 5.75 Å². The lowest BCUT2D eigenvalue weighted by Gasteiger charge is -2.27. The molecule has 1 heterocycles. The average molecular weight is 387 g/mol. The van der Waals surface area contributed by atoms with Crippen LogP contribution < -0.4 is 10.1 Å². The summed E-state index contributed by atoms with van der Waals surface area (Å²) in [6.45, 7) is 4.31. The Morgan fingerprint density at radius 1 is 1.33 bits per heavy atom. The Hall–Kier alpha value is -2.53. The highest BCUT2D eigenvalue weighted by Gasteiger charge is 2.35. The molecule has 0 unspecified atom stereocenters. The van der Waals surface area contributed by atoms with E-state index in [1.54, 1.807) is 17.0 Å². The monoisotopic (exact) mass is 386 g/mol. The first-order valence-corrected chi connectivity index (χ1v) is 9.38. The Kier molecular flexibility index (Phi) is 5.71. The smallest absolute Gasteiger partial charge is 0.255 e. The quantitative estimate of drug-likeness (QED) is 0.799. The fourth-order valence-electron chi connectivity index (χ4n) is 3.38. The van der Waals surface area contributed by atoms with Crippen LogP contribution in [0.5, 0.6) is 5.75 Å². The van der Waals surface area contributed by atoms with E-state index in [2.05, 4.69) is 5.32 Å². The molecule has 0 aliphatic carbocycles. The minimum absolute atomic E-state index is 0.0987. The molecule has 2 aromatic carbocycles. The summed E-state index contributed by atoms with van der Waals surface area (Å²) >= 11 is 6.14. The van der Waals surface area contributed by atoms with Crippen LogP contribution in [0.2, 0.25) is 5.02 Å². The lowest BCUT2D eigenvalue weighted by molar-refractivity contribution is -0.120. The molecule has 0 spiro atoms. The van der Waals surface area contributed by atoms with E-state index >= 15 is 0 Å². The zero-order chi connectivity index (χ0) is 19.6. The minimum atomic E-state index is -0.546. The summed E-state index contributed by atoms with van der Waals surface area (Å²) in [5.41, 5.74) is 3.02. The Labute approximate surface area is 164 Å². The molecule has 2 aromatic rings. The Morgan fingerprint density at radius 3 is 2.74 bits per heavy atom. The van der Waals surface area contributed by atoms with Crippen LogP contribution in [-0.2, 0) is 11.3 Å². The molecule has 6 heteroatoms. The first-order chi connectivity index (χ1) is 13.0. The van der Waals surface area contributed by atoms with Gasteiger partial charge in [-0.05, 0) is 36.6 Å². The molecule has 1 aliphatic rings. The van der Waals surface area contributed by atoms with Gasteiger partial charge in [0.15, 0.2) is 0 Å². The van der Waals surface area contributed by atoms with E-state index in [1.807, 2.05) is 38.1 Å². The Balaban J connectivity index is 1.85. The van der Waals surface area contributed by atoms with E-state index < -0.39 is 6.04 Å². The van der Waals surface area contributed by atoms with E-state index in [-0.39, 0.29) is 11.8 Å². The lowest BCUT2D eigenvalue weighted by atomic mass is 10.1. The summed E-state index contributed by atoms with van der Waals surface area (Å²) < 4.78 is 5.34. The van der Waals surface area contributed by atoms with Crippen molar-refractivity contribution in [1.29, 1.82) is 0 Å². The SMILES string of the molecule is CCC[C@@H](C(=O)Nc1cc(C)c(Cl)cc1OC)N1Cc2ccccc2C1=O. The van der Waals surface area contributed by atoms with Gasteiger partial charge in [0.1, 0.15) is 11.8 Å². The van der Waals surface area contributed by atoms with E-state index in [9.17, 15) is 9.59 Å². The topological polar surface area (TPSA) is 58.6 Å². The number of aryl methyl sites for hydroxylation is 1. The molecule has 0 fully saturated rings. The molecule has 0 bridgehead atoms. The number of anilines is 1. The van der Waals surface area contributed by atoms with Crippen molar-refractivity contribution in [2.24, 2.45) is 0 Å². The minimum Gasteiger partial charge on any atom is -0.495 e. The first kappa shape index (κ1) is 19.2. The van der Waals surface area contributed by atoms with Crippen molar-refractivity contribution >= 4 is 29.1 Å². The molecule has 27 heavy (non-hydrogen) atoms. The van der Waals surface area contributed by atoms with Crippen molar-refractivity contribution in [3.63, 3.8) is 0 Å². The highest BCUT2D eigenvalue weighted by Crippen LogP contribution is 2.32. The summed E-state index contributed by atoms with van der Waals surface area (Å²) in [5.74, 6) is 0.168. The van der Waals surface area contributed by atoms with Gasteiger partial charge in [-0.3, -0.25) is 9.59 Å². The van der Waals surface area contributed by atoms with Crippen molar-refractivity contribution in [2.45, 2.75) is 39.3 Å². The van der Waals surface area contributed by atoms with Crippen molar-refractivity contribution < 1.29 is 14.3 Å². The third-order valence-corrected chi connectivity index (χ3v) is 5.24. The van der Waals surface area contributed by atoms with E-state index in [4.69, 9.17) is 16.3 Å². The first-order valence-electron chi connectivity index (χ1n) is 9.00.